The number of aldehydes is 1. The number of nitrogens with zero attached hydrogens (tertiary/aromatic N) is 1. The lowest BCUT2D eigenvalue weighted by atomic mass is 10.1. The monoisotopic (exact) mass is 405 g/mol. The Morgan fingerprint density at radius 2 is 2.11 bits per heavy atom. The first-order valence-corrected chi connectivity index (χ1v) is 10.5. The molecule has 0 aromatic heterocycles. The molecular weight excluding hydrogens is 378 g/mol. The minimum absolute atomic E-state index is 0.143. The molecule has 0 radical (unpaired) electrons. The van der Waals surface area contributed by atoms with Gasteiger partial charge in [-0.15, -0.1) is 11.8 Å². The van der Waals surface area contributed by atoms with Gasteiger partial charge < -0.3 is 20.3 Å². The van der Waals surface area contributed by atoms with Crippen LogP contribution in [0.3, 0.4) is 0 Å². The smallest absolute Gasteiger partial charge is 0.255 e. The van der Waals surface area contributed by atoms with Crippen LogP contribution in [0.1, 0.15) is 48.0 Å². The molecule has 0 saturated heterocycles. The minimum atomic E-state index is -0.597. The minimum Gasteiger partial charge on any atom is -0.359 e. The molecule has 3 amide bonds. The molecular formula is C20H27N3O4S. The highest BCUT2D eigenvalue weighted by atomic mass is 32.2. The molecule has 0 spiro atoms. The summed E-state index contributed by atoms with van der Waals surface area (Å²) in [5, 5.41) is 5.19. The van der Waals surface area contributed by atoms with E-state index in [9.17, 15) is 19.2 Å². The van der Waals surface area contributed by atoms with E-state index in [1.807, 2.05) is 12.1 Å². The van der Waals surface area contributed by atoms with E-state index in [4.69, 9.17) is 0 Å². The Bertz CT molecular complexity index is 711. The van der Waals surface area contributed by atoms with Crippen LogP contribution < -0.4 is 10.6 Å². The highest BCUT2D eigenvalue weighted by Crippen LogP contribution is 2.34. The Labute approximate surface area is 169 Å². The van der Waals surface area contributed by atoms with Crippen LogP contribution >= 0.6 is 11.8 Å². The van der Waals surface area contributed by atoms with Crippen molar-refractivity contribution in [1.29, 1.82) is 0 Å². The lowest BCUT2D eigenvalue weighted by Crippen LogP contribution is -2.37. The molecule has 0 saturated carbocycles. The van der Waals surface area contributed by atoms with Gasteiger partial charge in [0.05, 0.1) is 6.04 Å². The van der Waals surface area contributed by atoms with Gasteiger partial charge in [-0.05, 0) is 42.7 Å². The molecule has 1 aromatic rings. The van der Waals surface area contributed by atoms with Crippen LogP contribution in [0.25, 0.3) is 0 Å². The number of carbonyl (C=O) groups is 4. The second-order valence-electron chi connectivity index (χ2n) is 6.61. The first kappa shape index (κ1) is 21.9. The summed E-state index contributed by atoms with van der Waals surface area (Å²) in [6, 6.07) is 5.08. The molecule has 0 aliphatic carbocycles. The molecule has 0 bridgehead atoms. The third-order valence-electron chi connectivity index (χ3n) is 4.76. The molecule has 28 heavy (non-hydrogen) atoms. The molecule has 2 rings (SSSR count). The summed E-state index contributed by atoms with van der Waals surface area (Å²) in [6.07, 6.45) is 5.00. The van der Waals surface area contributed by atoms with Gasteiger partial charge in [0, 0.05) is 37.0 Å². The number of fused-ring (bicyclic) bond motifs is 1. The third kappa shape index (κ3) is 5.82. The van der Waals surface area contributed by atoms with Gasteiger partial charge in [-0.3, -0.25) is 14.4 Å². The van der Waals surface area contributed by atoms with Crippen molar-refractivity contribution in [2.45, 2.75) is 49.6 Å². The zero-order valence-corrected chi connectivity index (χ0v) is 16.9. The molecule has 1 heterocycles. The predicted octanol–water partition coefficient (Wildman–Crippen LogP) is 1.74. The van der Waals surface area contributed by atoms with E-state index in [-0.39, 0.29) is 18.2 Å². The Kier molecular flexibility index (Phi) is 9.00. The maximum Gasteiger partial charge on any atom is 0.255 e. The summed E-state index contributed by atoms with van der Waals surface area (Å²) in [5.74, 6) is 0.640. The standard InChI is InChI=1S/C20H27N3O4S/c1-21-19(26)9-8-15(13-24)23-12-17-16(20(23)27)6-5-7-18(17)28-11-4-2-3-10-22-14-25/h5-7,13-15H,2-4,8-12H2,1H3,(H,21,26)(H,22,25). The molecule has 8 heteroatoms. The van der Waals surface area contributed by atoms with Gasteiger partial charge >= 0.3 is 0 Å². The van der Waals surface area contributed by atoms with Crippen LogP contribution in [-0.4, -0.2) is 54.8 Å². The number of benzene rings is 1. The largest absolute Gasteiger partial charge is 0.359 e. The molecule has 1 aromatic carbocycles. The van der Waals surface area contributed by atoms with Crippen molar-refractivity contribution in [2.24, 2.45) is 0 Å². The number of amides is 3. The summed E-state index contributed by atoms with van der Waals surface area (Å²) >= 11 is 1.71. The highest BCUT2D eigenvalue weighted by molar-refractivity contribution is 7.99. The van der Waals surface area contributed by atoms with Crippen molar-refractivity contribution in [2.75, 3.05) is 19.3 Å². The molecule has 1 aliphatic rings. The number of rotatable bonds is 13. The third-order valence-corrected chi connectivity index (χ3v) is 5.95. The topological polar surface area (TPSA) is 95.6 Å². The van der Waals surface area contributed by atoms with Gasteiger partial charge in [0.25, 0.3) is 5.91 Å². The Balaban J connectivity index is 1.94. The summed E-state index contributed by atoms with van der Waals surface area (Å²) in [4.78, 5) is 48.6. The number of unbranched alkanes of at least 4 members (excludes halogenated alkanes) is 2. The SMILES string of the molecule is CNC(=O)CCC(C=O)N1Cc2c(SCCCCCNC=O)cccc2C1=O. The van der Waals surface area contributed by atoms with E-state index < -0.39 is 6.04 Å². The van der Waals surface area contributed by atoms with Crippen molar-refractivity contribution < 1.29 is 19.2 Å². The average molecular weight is 406 g/mol. The van der Waals surface area contributed by atoms with Crippen molar-refractivity contribution in [3.8, 4) is 0 Å². The molecule has 7 nitrogen and oxygen atoms in total. The Morgan fingerprint density at radius 1 is 1.29 bits per heavy atom. The van der Waals surface area contributed by atoms with Gasteiger partial charge in [0.15, 0.2) is 0 Å². The second-order valence-corrected chi connectivity index (χ2v) is 7.75. The van der Waals surface area contributed by atoms with E-state index in [2.05, 4.69) is 10.6 Å². The molecule has 1 atom stereocenters. The maximum atomic E-state index is 12.8. The number of thioether (sulfide) groups is 1. The Hall–Kier alpha value is -2.35. The first-order valence-electron chi connectivity index (χ1n) is 9.51. The lowest BCUT2D eigenvalue weighted by molar-refractivity contribution is -0.121. The molecule has 1 unspecified atom stereocenters. The number of nitrogens with one attached hydrogen (secondary N) is 2. The van der Waals surface area contributed by atoms with E-state index in [0.717, 1.165) is 41.8 Å². The van der Waals surface area contributed by atoms with E-state index in [1.54, 1.807) is 29.8 Å². The van der Waals surface area contributed by atoms with Crippen LogP contribution in [0, 0.1) is 0 Å². The predicted molar refractivity (Wildman–Crippen MR) is 108 cm³/mol. The van der Waals surface area contributed by atoms with Crippen molar-refractivity contribution in [1.82, 2.24) is 15.5 Å². The second kappa shape index (κ2) is 11.5. The van der Waals surface area contributed by atoms with Crippen LogP contribution in [0.2, 0.25) is 0 Å². The summed E-state index contributed by atoms with van der Waals surface area (Å²) in [5.41, 5.74) is 1.61. The lowest BCUT2D eigenvalue weighted by Gasteiger charge is -2.22. The van der Waals surface area contributed by atoms with Crippen molar-refractivity contribution in [3.63, 3.8) is 0 Å². The fourth-order valence-corrected chi connectivity index (χ4v) is 4.27. The highest BCUT2D eigenvalue weighted by Gasteiger charge is 2.34. The van der Waals surface area contributed by atoms with Crippen LogP contribution in [0.5, 0.6) is 0 Å². The Morgan fingerprint density at radius 3 is 2.82 bits per heavy atom. The van der Waals surface area contributed by atoms with Gasteiger partial charge in [0.2, 0.25) is 12.3 Å². The molecule has 2 N–H and O–H groups in total. The van der Waals surface area contributed by atoms with Gasteiger partial charge in [0.1, 0.15) is 6.29 Å². The van der Waals surface area contributed by atoms with Crippen LogP contribution in [-0.2, 0) is 20.9 Å². The fraction of sp³-hybridized carbons (Fsp3) is 0.500. The maximum absolute atomic E-state index is 12.8. The first-order chi connectivity index (χ1) is 13.6. The van der Waals surface area contributed by atoms with E-state index in [1.165, 1.54) is 0 Å². The fourth-order valence-electron chi connectivity index (χ4n) is 3.18. The van der Waals surface area contributed by atoms with Gasteiger partial charge in [-0.25, -0.2) is 0 Å². The van der Waals surface area contributed by atoms with Crippen molar-refractivity contribution in [3.05, 3.63) is 29.3 Å². The summed E-state index contributed by atoms with van der Waals surface area (Å²) < 4.78 is 0. The number of hydrogen-bond donors (Lipinski definition) is 2. The number of hydrogen-bond acceptors (Lipinski definition) is 5. The number of carbonyl (C=O) groups excluding carboxylic acids is 4. The van der Waals surface area contributed by atoms with E-state index >= 15 is 0 Å². The molecule has 152 valence electrons. The quantitative estimate of drug-likeness (QED) is 0.296. The summed E-state index contributed by atoms with van der Waals surface area (Å²) in [7, 11) is 1.55. The zero-order chi connectivity index (χ0) is 20.4. The normalized spacial score (nSPS) is 13.8. The average Bonchev–Trinajstić information content (AvgIpc) is 3.05. The van der Waals surface area contributed by atoms with Crippen LogP contribution in [0.15, 0.2) is 23.1 Å². The van der Waals surface area contributed by atoms with Gasteiger partial charge in [-0.2, -0.15) is 0 Å². The van der Waals surface area contributed by atoms with Crippen LogP contribution in [0.4, 0.5) is 0 Å². The van der Waals surface area contributed by atoms with E-state index in [0.29, 0.717) is 31.5 Å². The zero-order valence-electron chi connectivity index (χ0n) is 16.1. The summed E-state index contributed by atoms with van der Waals surface area (Å²) in [6.45, 7) is 1.10. The van der Waals surface area contributed by atoms with Gasteiger partial charge in [-0.1, -0.05) is 12.5 Å². The molecule has 1 aliphatic heterocycles. The molecule has 0 fully saturated rings. The van der Waals surface area contributed by atoms with Crippen molar-refractivity contribution >= 4 is 36.3 Å².